The summed E-state index contributed by atoms with van der Waals surface area (Å²) in [5.41, 5.74) is 0.727. The molecule has 0 N–H and O–H groups in total. The quantitative estimate of drug-likeness (QED) is 0.769. The number of ketones is 1. The van der Waals surface area contributed by atoms with E-state index in [0.717, 1.165) is 18.4 Å². The fourth-order valence-corrected chi connectivity index (χ4v) is 1.83. The topological polar surface area (TPSA) is 17.1 Å². The molecule has 0 aromatic heterocycles. The Morgan fingerprint density at radius 1 is 1.47 bits per heavy atom. The molecule has 1 fully saturated rings. The molecule has 1 aromatic carbocycles. The number of carbonyl (C=O) groups is 1. The molecule has 80 valence electrons. The molecule has 0 atom stereocenters. The highest BCUT2D eigenvalue weighted by atomic mass is 35.5. The number of Topliss-reactive ketones (excluding diaryl/α,β-unsaturated/α-hetero) is 1. The summed E-state index contributed by atoms with van der Waals surface area (Å²) in [7, 11) is 0. The molecule has 1 saturated carbocycles. The minimum atomic E-state index is -0.409. The van der Waals surface area contributed by atoms with E-state index in [9.17, 15) is 9.18 Å². The second-order valence-corrected chi connectivity index (χ2v) is 4.33. The molecule has 0 aliphatic heterocycles. The second-order valence-electron chi connectivity index (χ2n) is 3.95. The first-order valence-corrected chi connectivity index (χ1v) is 5.52. The maximum atomic E-state index is 13.1. The van der Waals surface area contributed by atoms with Crippen molar-refractivity contribution in [3.8, 4) is 0 Å². The van der Waals surface area contributed by atoms with E-state index in [2.05, 4.69) is 0 Å². The molecule has 0 spiro atoms. The Morgan fingerprint density at radius 2 is 2.20 bits per heavy atom. The van der Waals surface area contributed by atoms with Crippen molar-refractivity contribution in [2.75, 3.05) is 0 Å². The molecule has 1 aliphatic rings. The average Bonchev–Trinajstić information content (AvgIpc) is 3.03. The van der Waals surface area contributed by atoms with Gasteiger partial charge in [0.25, 0.3) is 0 Å². The molecule has 2 rings (SSSR count). The normalized spacial score (nSPS) is 15.3. The highest BCUT2D eigenvalue weighted by Gasteiger charge is 2.28. The van der Waals surface area contributed by atoms with Crippen molar-refractivity contribution in [1.82, 2.24) is 0 Å². The fourth-order valence-electron chi connectivity index (χ4n) is 1.61. The number of halogens is 2. The SMILES string of the molecule is O=C(CCc1cccc(F)c1Cl)C1CC1. The predicted molar refractivity (Wildman–Crippen MR) is 57.5 cm³/mol. The largest absolute Gasteiger partial charge is 0.299 e. The Labute approximate surface area is 93.2 Å². The number of rotatable bonds is 4. The first kappa shape index (κ1) is 10.6. The van der Waals surface area contributed by atoms with Crippen molar-refractivity contribution in [3.05, 3.63) is 34.6 Å². The number of aryl methyl sites for hydroxylation is 1. The van der Waals surface area contributed by atoms with Gasteiger partial charge in [0.2, 0.25) is 0 Å². The lowest BCUT2D eigenvalue weighted by Crippen LogP contribution is -2.02. The molecule has 0 saturated heterocycles. The van der Waals surface area contributed by atoms with E-state index >= 15 is 0 Å². The molecule has 0 amide bonds. The van der Waals surface area contributed by atoms with E-state index in [-0.39, 0.29) is 16.7 Å². The van der Waals surface area contributed by atoms with Gasteiger partial charge < -0.3 is 0 Å². The van der Waals surface area contributed by atoms with Crippen LogP contribution in [-0.2, 0) is 11.2 Å². The fraction of sp³-hybridized carbons (Fsp3) is 0.417. The van der Waals surface area contributed by atoms with E-state index in [1.807, 2.05) is 0 Å². The van der Waals surface area contributed by atoms with E-state index < -0.39 is 5.82 Å². The zero-order valence-electron chi connectivity index (χ0n) is 8.30. The molecular weight excluding hydrogens is 215 g/mol. The smallest absolute Gasteiger partial charge is 0.142 e. The van der Waals surface area contributed by atoms with E-state index in [4.69, 9.17) is 11.6 Å². The predicted octanol–water partition coefficient (Wildman–Crippen LogP) is 3.39. The van der Waals surface area contributed by atoms with Crippen LogP contribution in [0.2, 0.25) is 5.02 Å². The molecule has 3 heteroatoms. The lowest BCUT2D eigenvalue weighted by Gasteiger charge is -2.03. The first-order chi connectivity index (χ1) is 7.18. The maximum absolute atomic E-state index is 13.1. The Hall–Kier alpha value is -0.890. The van der Waals surface area contributed by atoms with E-state index in [1.54, 1.807) is 12.1 Å². The van der Waals surface area contributed by atoms with Gasteiger partial charge in [-0.25, -0.2) is 4.39 Å². The van der Waals surface area contributed by atoms with Crippen LogP contribution >= 0.6 is 11.6 Å². The van der Waals surface area contributed by atoms with Crippen molar-refractivity contribution in [2.45, 2.75) is 25.7 Å². The molecule has 1 aliphatic carbocycles. The summed E-state index contributed by atoms with van der Waals surface area (Å²) in [6, 6.07) is 4.72. The summed E-state index contributed by atoms with van der Waals surface area (Å²) in [6.45, 7) is 0. The standard InChI is InChI=1S/C12H12ClFO/c13-12-9(2-1-3-10(12)14)6-7-11(15)8-4-5-8/h1-3,8H,4-7H2. The number of hydrogen-bond acceptors (Lipinski definition) is 1. The molecule has 0 unspecified atom stereocenters. The molecule has 15 heavy (non-hydrogen) atoms. The molecule has 1 nitrogen and oxygen atoms in total. The maximum Gasteiger partial charge on any atom is 0.142 e. The zero-order valence-corrected chi connectivity index (χ0v) is 9.06. The van der Waals surface area contributed by atoms with Gasteiger partial charge in [0.15, 0.2) is 0 Å². The highest BCUT2D eigenvalue weighted by molar-refractivity contribution is 6.31. The van der Waals surface area contributed by atoms with Gasteiger partial charge in [0, 0.05) is 12.3 Å². The van der Waals surface area contributed by atoms with E-state index in [0.29, 0.717) is 12.8 Å². The third-order valence-electron chi connectivity index (χ3n) is 2.71. The third kappa shape index (κ3) is 2.57. The lowest BCUT2D eigenvalue weighted by molar-refractivity contribution is -0.120. The first-order valence-electron chi connectivity index (χ1n) is 5.14. The van der Waals surface area contributed by atoms with Crippen LogP contribution in [0, 0.1) is 11.7 Å². The van der Waals surface area contributed by atoms with Crippen molar-refractivity contribution in [3.63, 3.8) is 0 Å². The average molecular weight is 227 g/mol. The molecule has 0 heterocycles. The van der Waals surface area contributed by atoms with Gasteiger partial charge in [0.05, 0.1) is 5.02 Å². The summed E-state index contributed by atoms with van der Waals surface area (Å²) in [4.78, 5) is 11.4. The van der Waals surface area contributed by atoms with Crippen LogP contribution in [-0.4, -0.2) is 5.78 Å². The minimum Gasteiger partial charge on any atom is -0.299 e. The molecule has 1 aromatic rings. The monoisotopic (exact) mass is 226 g/mol. The highest BCUT2D eigenvalue weighted by Crippen LogP contribution is 2.31. The van der Waals surface area contributed by atoms with E-state index in [1.165, 1.54) is 6.07 Å². The van der Waals surface area contributed by atoms with Gasteiger partial charge >= 0.3 is 0 Å². The molecular formula is C12H12ClFO. The van der Waals surface area contributed by atoms with Crippen LogP contribution in [0.3, 0.4) is 0 Å². The third-order valence-corrected chi connectivity index (χ3v) is 3.13. The van der Waals surface area contributed by atoms with Crippen LogP contribution in [0.5, 0.6) is 0 Å². The van der Waals surface area contributed by atoms with Gasteiger partial charge in [-0.1, -0.05) is 23.7 Å². The van der Waals surface area contributed by atoms with Crippen LogP contribution in [0.1, 0.15) is 24.8 Å². The van der Waals surface area contributed by atoms with Gasteiger partial charge in [-0.2, -0.15) is 0 Å². The van der Waals surface area contributed by atoms with Gasteiger partial charge in [-0.15, -0.1) is 0 Å². The summed E-state index contributed by atoms with van der Waals surface area (Å²) >= 11 is 5.79. The summed E-state index contributed by atoms with van der Waals surface area (Å²) in [5.74, 6) is 0.153. The Morgan fingerprint density at radius 3 is 2.87 bits per heavy atom. The zero-order chi connectivity index (χ0) is 10.8. The van der Waals surface area contributed by atoms with Crippen molar-refractivity contribution in [2.24, 2.45) is 5.92 Å². The lowest BCUT2D eigenvalue weighted by atomic mass is 10.1. The molecule has 0 radical (unpaired) electrons. The Kier molecular flexibility index (Phi) is 3.06. The summed E-state index contributed by atoms with van der Waals surface area (Å²) in [5, 5.41) is 0.154. The number of benzene rings is 1. The Balaban J connectivity index is 1.98. The van der Waals surface area contributed by atoms with Gasteiger partial charge in [-0.05, 0) is 30.9 Å². The minimum absolute atomic E-state index is 0.154. The van der Waals surface area contributed by atoms with Crippen LogP contribution in [0.25, 0.3) is 0 Å². The van der Waals surface area contributed by atoms with Gasteiger partial charge in [0.1, 0.15) is 11.6 Å². The number of carbonyl (C=O) groups excluding carboxylic acids is 1. The Bertz CT molecular complexity index is 385. The van der Waals surface area contributed by atoms with Crippen LogP contribution in [0.15, 0.2) is 18.2 Å². The second kappa shape index (κ2) is 4.31. The van der Waals surface area contributed by atoms with Crippen molar-refractivity contribution < 1.29 is 9.18 Å². The van der Waals surface area contributed by atoms with Crippen molar-refractivity contribution >= 4 is 17.4 Å². The molecule has 0 bridgehead atoms. The summed E-state index contributed by atoms with van der Waals surface area (Å²) in [6.07, 6.45) is 3.07. The van der Waals surface area contributed by atoms with Crippen LogP contribution in [0.4, 0.5) is 4.39 Å². The van der Waals surface area contributed by atoms with Crippen LogP contribution < -0.4 is 0 Å². The number of hydrogen-bond donors (Lipinski definition) is 0. The summed E-state index contributed by atoms with van der Waals surface area (Å²) < 4.78 is 13.1. The van der Waals surface area contributed by atoms with Gasteiger partial charge in [-0.3, -0.25) is 4.79 Å². The van der Waals surface area contributed by atoms with Crippen molar-refractivity contribution in [1.29, 1.82) is 0 Å².